The van der Waals surface area contributed by atoms with E-state index in [1.54, 1.807) is 24.3 Å². The van der Waals surface area contributed by atoms with Crippen molar-refractivity contribution in [3.05, 3.63) is 83.7 Å². The summed E-state index contributed by atoms with van der Waals surface area (Å²) in [5, 5.41) is 17.2. The molecule has 1 aliphatic carbocycles. The largest absolute Gasteiger partial charge is 0.457 e. The van der Waals surface area contributed by atoms with Crippen molar-refractivity contribution in [1.82, 2.24) is 14.9 Å². The molecule has 9 nitrogen and oxygen atoms in total. The Bertz CT molecular complexity index is 1320. The number of anilines is 2. The van der Waals surface area contributed by atoms with E-state index in [4.69, 9.17) is 26.9 Å². The SMILES string of the molecule is N#C/C(=C\C1CC1)C(=O)N1CCCCC1.N=C(c1ccc(Oc2ccccc2)cc1)c1c(N)ncnc1N. The van der Waals surface area contributed by atoms with Crippen molar-refractivity contribution in [1.29, 1.82) is 10.7 Å². The third-order valence-corrected chi connectivity index (χ3v) is 6.30. The summed E-state index contributed by atoms with van der Waals surface area (Å²) >= 11 is 0. The van der Waals surface area contributed by atoms with Gasteiger partial charge in [0.2, 0.25) is 0 Å². The first kappa shape index (κ1) is 26.4. The van der Waals surface area contributed by atoms with Gasteiger partial charge in [0.1, 0.15) is 41.1 Å². The molecule has 0 bridgehead atoms. The number of nitrogens with one attached hydrogen (secondary N) is 1. The number of carbonyl (C=O) groups excluding carboxylic acids is 1. The molecular weight excluding hydrogens is 478 g/mol. The van der Waals surface area contributed by atoms with Gasteiger partial charge in [-0.25, -0.2) is 9.97 Å². The molecular formula is C29H31N7O2. The molecule has 1 saturated carbocycles. The van der Waals surface area contributed by atoms with Crippen LogP contribution in [0.2, 0.25) is 0 Å². The lowest BCUT2D eigenvalue weighted by atomic mass is 10.0. The zero-order chi connectivity index (χ0) is 26.9. The van der Waals surface area contributed by atoms with Crippen molar-refractivity contribution in [3.63, 3.8) is 0 Å². The summed E-state index contributed by atoms with van der Waals surface area (Å²) in [5.41, 5.74) is 13.1. The van der Waals surface area contributed by atoms with Gasteiger partial charge in [0.05, 0.1) is 11.3 Å². The van der Waals surface area contributed by atoms with Crippen LogP contribution in [0.15, 0.2) is 72.6 Å². The summed E-state index contributed by atoms with van der Waals surface area (Å²) in [4.78, 5) is 21.5. The van der Waals surface area contributed by atoms with Gasteiger partial charge in [0.15, 0.2) is 0 Å². The fourth-order valence-corrected chi connectivity index (χ4v) is 4.05. The lowest BCUT2D eigenvalue weighted by Gasteiger charge is -2.26. The number of aromatic nitrogens is 2. The molecule has 1 amide bonds. The van der Waals surface area contributed by atoms with Crippen LogP contribution in [0.25, 0.3) is 0 Å². The van der Waals surface area contributed by atoms with E-state index in [1.807, 2.05) is 47.4 Å². The van der Waals surface area contributed by atoms with E-state index in [0.29, 0.717) is 28.4 Å². The molecule has 0 unspecified atom stereocenters. The minimum atomic E-state index is -0.0518. The smallest absolute Gasteiger partial charge is 0.264 e. The molecule has 1 aliphatic heterocycles. The van der Waals surface area contributed by atoms with E-state index >= 15 is 0 Å². The molecule has 194 valence electrons. The van der Waals surface area contributed by atoms with Gasteiger partial charge >= 0.3 is 0 Å². The van der Waals surface area contributed by atoms with Crippen molar-refractivity contribution in [2.24, 2.45) is 5.92 Å². The highest BCUT2D eigenvalue weighted by Crippen LogP contribution is 2.31. The zero-order valence-corrected chi connectivity index (χ0v) is 21.1. The predicted octanol–water partition coefficient (Wildman–Crippen LogP) is 4.71. The number of para-hydroxylation sites is 1. The quantitative estimate of drug-likeness (QED) is 0.247. The number of benzene rings is 2. The first-order valence-corrected chi connectivity index (χ1v) is 12.7. The number of carbonyl (C=O) groups is 1. The molecule has 5 rings (SSSR count). The Morgan fingerprint density at radius 2 is 1.58 bits per heavy atom. The van der Waals surface area contributed by atoms with E-state index in [2.05, 4.69) is 9.97 Å². The van der Waals surface area contributed by atoms with Crippen LogP contribution in [0.5, 0.6) is 11.5 Å². The molecule has 1 saturated heterocycles. The number of nitrogen functional groups attached to an aromatic ring is 2. The molecule has 2 fully saturated rings. The highest BCUT2D eigenvalue weighted by molar-refractivity contribution is 6.15. The van der Waals surface area contributed by atoms with Crippen LogP contribution in [0.4, 0.5) is 11.6 Å². The third-order valence-electron chi connectivity index (χ3n) is 6.30. The maximum atomic E-state index is 11.9. The standard InChI is InChI=1S/C17H15N5O.C12H16N2O/c18-15(14-16(19)21-10-22-17(14)20)11-6-8-13(9-7-11)23-12-4-2-1-3-5-12;13-9-11(8-10-4-5-10)12(15)14-6-2-1-3-7-14/h1-10,18H,(H4,19,20,21,22);8,10H,1-7H2/b;11-8+. The van der Waals surface area contributed by atoms with Gasteiger partial charge in [-0.15, -0.1) is 0 Å². The number of allylic oxidation sites excluding steroid dienone is 1. The summed E-state index contributed by atoms with van der Waals surface area (Å²) in [7, 11) is 0. The van der Waals surface area contributed by atoms with E-state index in [-0.39, 0.29) is 23.3 Å². The molecule has 38 heavy (non-hydrogen) atoms. The van der Waals surface area contributed by atoms with Crippen molar-refractivity contribution >= 4 is 23.3 Å². The van der Waals surface area contributed by atoms with Crippen LogP contribution < -0.4 is 16.2 Å². The second-order valence-corrected chi connectivity index (χ2v) is 9.22. The van der Waals surface area contributed by atoms with Crippen LogP contribution in [0.3, 0.4) is 0 Å². The van der Waals surface area contributed by atoms with Gasteiger partial charge in [-0.2, -0.15) is 5.26 Å². The number of ether oxygens (including phenoxy) is 1. The second kappa shape index (κ2) is 12.5. The summed E-state index contributed by atoms with van der Waals surface area (Å²) in [6, 6.07) is 18.6. The molecule has 2 aliphatic rings. The summed E-state index contributed by atoms with van der Waals surface area (Å²) in [6.07, 6.45) is 8.77. The van der Waals surface area contributed by atoms with Crippen LogP contribution >= 0.6 is 0 Å². The highest BCUT2D eigenvalue weighted by atomic mass is 16.5. The molecule has 0 spiro atoms. The molecule has 2 aromatic carbocycles. The van der Waals surface area contributed by atoms with Crippen molar-refractivity contribution in [2.45, 2.75) is 32.1 Å². The van der Waals surface area contributed by atoms with Gasteiger partial charge < -0.3 is 21.1 Å². The lowest BCUT2D eigenvalue weighted by Crippen LogP contribution is -2.36. The monoisotopic (exact) mass is 509 g/mol. The van der Waals surface area contributed by atoms with Crippen LogP contribution in [-0.4, -0.2) is 39.6 Å². The number of amides is 1. The van der Waals surface area contributed by atoms with Gasteiger partial charge in [0.25, 0.3) is 5.91 Å². The average molecular weight is 510 g/mol. The van der Waals surface area contributed by atoms with Crippen molar-refractivity contribution in [3.8, 4) is 17.6 Å². The first-order valence-electron chi connectivity index (χ1n) is 12.7. The van der Waals surface area contributed by atoms with Crippen LogP contribution in [0, 0.1) is 22.7 Å². The minimum absolute atomic E-state index is 0.0518. The lowest BCUT2D eigenvalue weighted by molar-refractivity contribution is -0.127. The Labute approximate surface area is 222 Å². The predicted molar refractivity (Wildman–Crippen MR) is 147 cm³/mol. The average Bonchev–Trinajstić information content (AvgIpc) is 3.77. The maximum absolute atomic E-state index is 11.9. The van der Waals surface area contributed by atoms with Crippen molar-refractivity contribution < 1.29 is 9.53 Å². The van der Waals surface area contributed by atoms with E-state index in [0.717, 1.165) is 44.5 Å². The number of likely N-dealkylation sites (tertiary alicyclic amines) is 1. The number of nitrogens with two attached hydrogens (primary N) is 2. The fourth-order valence-electron chi connectivity index (χ4n) is 4.05. The Morgan fingerprint density at radius 1 is 0.974 bits per heavy atom. The number of rotatable bonds is 6. The molecule has 9 heteroatoms. The molecule has 5 N–H and O–H groups in total. The Hall–Kier alpha value is -4.71. The number of piperidine rings is 1. The summed E-state index contributed by atoms with van der Waals surface area (Å²) in [6.45, 7) is 1.64. The molecule has 0 atom stereocenters. The topological polar surface area (TPSA) is 155 Å². The third kappa shape index (κ3) is 6.95. The van der Waals surface area contributed by atoms with Gasteiger partial charge in [0, 0.05) is 18.7 Å². The Morgan fingerprint density at radius 3 is 2.16 bits per heavy atom. The highest BCUT2D eigenvalue weighted by Gasteiger charge is 2.25. The Balaban J connectivity index is 0.000000194. The van der Waals surface area contributed by atoms with E-state index < -0.39 is 0 Å². The Kier molecular flexibility index (Phi) is 8.67. The van der Waals surface area contributed by atoms with Crippen LogP contribution in [0.1, 0.15) is 43.2 Å². The first-order chi connectivity index (χ1) is 18.5. The number of nitrogens with zero attached hydrogens (tertiary/aromatic N) is 4. The fraction of sp³-hybridized carbons (Fsp3) is 0.276. The van der Waals surface area contributed by atoms with Gasteiger partial charge in [-0.05, 0) is 74.4 Å². The summed E-state index contributed by atoms with van der Waals surface area (Å²) in [5.74, 6) is 2.25. The molecule has 1 aromatic heterocycles. The molecule has 2 heterocycles. The summed E-state index contributed by atoms with van der Waals surface area (Å²) < 4.78 is 5.72. The van der Waals surface area contributed by atoms with E-state index in [1.165, 1.54) is 12.7 Å². The van der Waals surface area contributed by atoms with Gasteiger partial charge in [-0.3, -0.25) is 10.2 Å². The number of nitriles is 1. The second-order valence-electron chi connectivity index (χ2n) is 9.22. The zero-order valence-electron chi connectivity index (χ0n) is 21.1. The number of hydrogen-bond acceptors (Lipinski definition) is 8. The van der Waals surface area contributed by atoms with Crippen LogP contribution in [-0.2, 0) is 4.79 Å². The number of hydrogen-bond donors (Lipinski definition) is 3. The van der Waals surface area contributed by atoms with Crippen molar-refractivity contribution in [2.75, 3.05) is 24.6 Å². The normalized spacial score (nSPS) is 15.0. The maximum Gasteiger partial charge on any atom is 0.264 e. The van der Waals surface area contributed by atoms with E-state index in [9.17, 15) is 4.79 Å². The van der Waals surface area contributed by atoms with Gasteiger partial charge in [-0.1, -0.05) is 24.3 Å². The molecule has 0 radical (unpaired) electrons. The molecule has 3 aromatic rings. The minimum Gasteiger partial charge on any atom is -0.457 e.